The third kappa shape index (κ3) is 4.29. The third-order valence-electron chi connectivity index (χ3n) is 6.64. The van der Waals surface area contributed by atoms with E-state index in [1.165, 1.54) is 0 Å². The van der Waals surface area contributed by atoms with Crippen molar-refractivity contribution in [2.75, 3.05) is 27.4 Å². The molecule has 0 unspecified atom stereocenters. The van der Waals surface area contributed by atoms with Crippen LogP contribution in [0.25, 0.3) is 0 Å². The number of rotatable bonds is 6. The third-order valence-corrected chi connectivity index (χ3v) is 6.89. The van der Waals surface area contributed by atoms with E-state index < -0.39 is 5.41 Å². The maximum absolute atomic E-state index is 13.1. The SMILES string of the molecule is COc1cc2c(cc1OC)CN(C(=O)COC(=O)C1(c3ccc(Cl)cc3)CCCC1)CC2. The van der Waals surface area contributed by atoms with Crippen LogP contribution < -0.4 is 9.47 Å². The van der Waals surface area contributed by atoms with Gasteiger partial charge in [-0.3, -0.25) is 9.59 Å². The number of ether oxygens (including phenoxy) is 3. The van der Waals surface area contributed by atoms with Crippen LogP contribution in [0.5, 0.6) is 11.5 Å². The van der Waals surface area contributed by atoms with Crippen LogP contribution >= 0.6 is 11.6 Å². The second-order valence-electron chi connectivity index (χ2n) is 8.41. The number of methoxy groups -OCH3 is 2. The Kier molecular flexibility index (Phi) is 6.60. The van der Waals surface area contributed by atoms with E-state index in [1.54, 1.807) is 31.3 Å². The predicted molar refractivity (Wildman–Crippen MR) is 121 cm³/mol. The van der Waals surface area contributed by atoms with Crippen LogP contribution in [0.2, 0.25) is 5.02 Å². The number of fused-ring (bicyclic) bond motifs is 1. The van der Waals surface area contributed by atoms with E-state index >= 15 is 0 Å². The summed E-state index contributed by atoms with van der Waals surface area (Å²) in [6.45, 7) is 0.770. The molecule has 0 saturated heterocycles. The summed E-state index contributed by atoms with van der Waals surface area (Å²) in [5.41, 5.74) is 2.37. The largest absolute Gasteiger partial charge is 0.493 e. The van der Waals surface area contributed by atoms with Crippen molar-refractivity contribution < 1.29 is 23.8 Å². The molecule has 0 radical (unpaired) electrons. The molecule has 6 nitrogen and oxygen atoms in total. The van der Waals surface area contributed by atoms with E-state index in [4.69, 9.17) is 25.8 Å². The Morgan fingerprint density at radius 2 is 1.62 bits per heavy atom. The standard InChI is InChI=1S/C25H28ClNO5/c1-30-21-13-17-9-12-27(15-18(17)14-22(21)31-2)23(28)16-32-24(29)25(10-3-4-11-25)19-5-7-20(26)8-6-19/h5-8,13-14H,3-4,9-12,15-16H2,1-2H3. The second kappa shape index (κ2) is 9.41. The van der Waals surface area contributed by atoms with Gasteiger partial charge < -0.3 is 19.1 Å². The van der Waals surface area contributed by atoms with Gasteiger partial charge in [0.25, 0.3) is 5.91 Å². The van der Waals surface area contributed by atoms with Crippen molar-refractivity contribution in [3.05, 3.63) is 58.1 Å². The van der Waals surface area contributed by atoms with E-state index in [-0.39, 0.29) is 18.5 Å². The molecule has 1 aliphatic heterocycles. The molecule has 2 aromatic carbocycles. The molecule has 1 amide bonds. The van der Waals surface area contributed by atoms with Gasteiger partial charge in [-0.05, 0) is 60.2 Å². The molecule has 0 spiro atoms. The average Bonchev–Trinajstić information content (AvgIpc) is 3.32. The highest BCUT2D eigenvalue weighted by Gasteiger charge is 2.44. The summed E-state index contributed by atoms with van der Waals surface area (Å²) < 4.78 is 16.4. The van der Waals surface area contributed by atoms with Gasteiger partial charge in [-0.15, -0.1) is 0 Å². The average molecular weight is 458 g/mol. The Labute approximate surface area is 193 Å². The number of carbonyl (C=O) groups is 2. The Morgan fingerprint density at radius 1 is 1.00 bits per heavy atom. The molecule has 0 bridgehead atoms. The normalized spacial score (nSPS) is 16.9. The van der Waals surface area contributed by atoms with Crippen molar-refractivity contribution in [2.45, 2.75) is 44.1 Å². The van der Waals surface area contributed by atoms with Crippen molar-refractivity contribution in [3.8, 4) is 11.5 Å². The Hall–Kier alpha value is -2.73. The minimum atomic E-state index is -0.691. The van der Waals surface area contributed by atoms with Gasteiger partial charge in [0.15, 0.2) is 18.1 Å². The molecule has 1 heterocycles. The van der Waals surface area contributed by atoms with Gasteiger partial charge in [-0.2, -0.15) is 0 Å². The Balaban J connectivity index is 1.42. The number of benzene rings is 2. The summed E-state index contributed by atoms with van der Waals surface area (Å²) in [5.74, 6) is 0.805. The topological polar surface area (TPSA) is 65.1 Å². The van der Waals surface area contributed by atoms with Crippen LogP contribution in [-0.2, 0) is 32.7 Å². The molecule has 1 fully saturated rings. The summed E-state index contributed by atoms with van der Waals surface area (Å²) in [7, 11) is 3.20. The van der Waals surface area contributed by atoms with Gasteiger partial charge in [-0.1, -0.05) is 36.6 Å². The lowest BCUT2D eigenvalue weighted by Crippen LogP contribution is -2.41. The summed E-state index contributed by atoms with van der Waals surface area (Å²) >= 11 is 6.02. The fourth-order valence-corrected chi connectivity index (χ4v) is 4.94. The number of halogens is 1. The molecule has 0 aromatic heterocycles. The molecule has 2 aliphatic rings. The maximum Gasteiger partial charge on any atom is 0.317 e. The molecule has 1 saturated carbocycles. The number of hydrogen-bond acceptors (Lipinski definition) is 5. The van der Waals surface area contributed by atoms with Crippen molar-refractivity contribution in [1.82, 2.24) is 4.90 Å². The van der Waals surface area contributed by atoms with Gasteiger partial charge in [0.05, 0.1) is 19.6 Å². The van der Waals surface area contributed by atoms with Crippen LogP contribution in [0.15, 0.2) is 36.4 Å². The Bertz CT molecular complexity index is 998. The smallest absolute Gasteiger partial charge is 0.317 e. The van der Waals surface area contributed by atoms with E-state index in [2.05, 4.69) is 0 Å². The van der Waals surface area contributed by atoms with Crippen LogP contribution in [0.3, 0.4) is 0 Å². The zero-order chi connectivity index (χ0) is 22.7. The zero-order valence-corrected chi connectivity index (χ0v) is 19.2. The fourth-order valence-electron chi connectivity index (χ4n) is 4.81. The van der Waals surface area contributed by atoms with Crippen molar-refractivity contribution in [1.29, 1.82) is 0 Å². The predicted octanol–water partition coefficient (Wildman–Crippen LogP) is 4.30. The maximum atomic E-state index is 13.1. The molecular formula is C25H28ClNO5. The van der Waals surface area contributed by atoms with E-state index in [0.717, 1.165) is 42.4 Å². The molecule has 0 N–H and O–H groups in total. The summed E-state index contributed by atoms with van der Waals surface area (Å²) in [4.78, 5) is 27.7. The summed E-state index contributed by atoms with van der Waals surface area (Å²) in [6.07, 6.45) is 4.07. The molecule has 1 aliphatic carbocycles. The molecule has 32 heavy (non-hydrogen) atoms. The highest BCUT2D eigenvalue weighted by Crippen LogP contribution is 2.42. The monoisotopic (exact) mass is 457 g/mol. The molecule has 7 heteroatoms. The first kappa shape index (κ1) is 22.5. The first-order chi connectivity index (χ1) is 15.5. The van der Waals surface area contributed by atoms with Gasteiger partial charge in [0.1, 0.15) is 0 Å². The molecule has 0 atom stereocenters. The van der Waals surface area contributed by atoms with Gasteiger partial charge in [0.2, 0.25) is 0 Å². The van der Waals surface area contributed by atoms with E-state index in [0.29, 0.717) is 36.0 Å². The lowest BCUT2D eigenvalue weighted by Gasteiger charge is -2.31. The lowest BCUT2D eigenvalue weighted by atomic mass is 9.79. The molecular weight excluding hydrogens is 430 g/mol. The number of amides is 1. The zero-order valence-electron chi connectivity index (χ0n) is 18.5. The van der Waals surface area contributed by atoms with Crippen LogP contribution in [0.4, 0.5) is 0 Å². The van der Waals surface area contributed by atoms with Crippen LogP contribution in [0.1, 0.15) is 42.4 Å². The van der Waals surface area contributed by atoms with Gasteiger partial charge in [-0.25, -0.2) is 0 Å². The van der Waals surface area contributed by atoms with E-state index in [1.807, 2.05) is 24.3 Å². The second-order valence-corrected chi connectivity index (χ2v) is 8.85. The van der Waals surface area contributed by atoms with Gasteiger partial charge in [0, 0.05) is 18.1 Å². The van der Waals surface area contributed by atoms with Crippen molar-refractivity contribution in [2.24, 2.45) is 0 Å². The molecule has 4 rings (SSSR count). The fraction of sp³-hybridized carbons (Fsp3) is 0.440. The van der Waals surface area contributed by atoms with Crippen LogP contribution in [0, 0.1) is 0 Å². The minimum absolute atomic E-state index is 0.192. The highest BCUT2D eigenvalue weighted by molar-refractivity contribution is 6.30. The number of esters is 1. The first-order valence-electron chi connectivity index (χ1n) is 10.9. The van der Waals surface area contributed by atoms with Crippen molar-refractivity contribution in [3.63, 3.8) is 0 Å². The van der Waals surface area contributed by atoms with Crippen LogP contribution in [-0.4, -0.2) is 44.1 Å². The number of hydrogen-bond donors (Lipinski definition) is 0. The van der Waals surface area contributed by atoms with E-state index in [9.17, 15) is 9.59 Å². The lowest BCUT2D eigenvalue weighted by molar-refractivity contribution is -0.157. The number of carbonyl (C=O) groups excluding carboxylic acids is 2. The molecule has 2 aromatic rings. The Morgan fingerprint density at radius 3 is 2.25 bits per heavy atom. The highest BCUT2D eigenvalue weighted by atomic mass is 35.5. The first-order valence-corrected chi connectivity index (χ1v) is 11.3. The minimum Gasteiger partial charge on any atom is -0.493 e. The summed E-state index contributed by atoms with van der Waals surface area (Å²) in [6, 6.07) is 11.2. The number of nitrogens with zero attached hydrogens (tertiary/aromatic N) is 1. The quantitative estimate of drug-likeness (QED) is 0.605. The summed E-state index contributed by atoms with van der Waals surface area (Å²) in [5, 5.41) is 0.630. The van der Waals surface area contributed by atoms with Crippen molar-refractivity contribution >= 4 is 23.5 Å². The van der Waals surface area contributed by atoms with Gasteiger partial charge >= 0.3 is 5.97 Å². The molecule has 170 valence electrons.